The van der Waals surface area contributed by atoms with E-state index in [9.17, 15) is 4.79 Å². The quantitative estimate of drug-likeness (QED) is 0.775. The summed E-state index contributed by atoms with van der Waals surface area (Å²) in [5, 5.41) is 10.0. The molecule has 0 aliphatic carbocycles. The highest BCUT2D eigenvalue weighted by atomic mass is 16.4. The van der Waals surface area contributed by atoms with E-state index in [4.69, 9.17) is 10.8 Å². The van der Waals surface area contributed by atoms with Gasteiger partial charge in [0.15, 0.2) is 0 Å². The van der Waals surface area contributed by atoms with Gasteiger partial charge in [0.05, 0.1) is 0 Å². The highest BCUT2D eigenvalue weighted by Gasteiger charge is 2.17. The fourth-order valence-electron chi connectivity index (χ4n) is 2.41. The van der Waals surface area contributed by atoms with Gasteiger partial charge in [0.25, 0.3) is 0 Å². The Morgan fingerprint density at radius 1 is 1.39 bits per heavy atom. The first-order valence-corrected chi connectivity index (χ1v) is 5.97. The van der Waals surface area contributed by atoms with E-state index in [1.165, 1.54) is 11.1 Å². The number of carbonyl (C=O) groups is 1. The van der Waals surface area contributed by atoms with Crippen molar-refractivity contribution < 1.29 is 9.90 Å². The molecule has 1 aromatic heterocycles. The number of aliphatic carboxylic acids is 1. The number of nitrogens with two attached hydrogens (primary N) is 1. The molecule has 0 radical (unpaired) electrons. The predicted molar refractivity (Wildman–Crippen MR) is 71.8 cm³/mol. The van der Waals surface area contributed by atoms with Crippen LogP contribution in [0.25, 0.3) is 10.9 Å². The molecule has 18 heavy (non-hydrogen) atoms. The van der Waals surface area contributed by atoms with E-state index >= 15 is 0 Å². The van der Waals surface area contributed by atoms with Gasteiger partial charge in [-0.05, 0) is 38.0 Å². The van der Waals surface area contributed by atoms with Crippen molar-refractivity contribution in [3.8, 4) is 0 Å². The monoisotopic (exact) mass is 246 g/mol. The molecule has 0 aliphatic heterocycles. The number of carboxylic acid groups (broad SMARTS) is 1. The van der Waals surface area contributed by atoms with Crippen molar-refractivity contribution >= 4 is 16.9 Å². The maximum Gasteiger partial charge on any atom is 0.320 e. The molecule has 1 heterocycles. The molecule has 4 N–H and O–H groups in total. The summed E-state index contributed by atoms with van der Waals surface area (Å²) in [7, 11) is 0. The van der Waals surface area contributed by atoms with Crippen LogP contribution in [-0.2, 0) is 11.2 Å². The number of nitrogens with one attached hydrogen (secondary N) is 1. The van der Waals surface area contributed by atoms with E-state index < -0.39 is 12.0 Å². The summed E-state index contributed by atoms with van der Waals surface area (Å²) in [6, 6.07) is 3.33. The summed E-state index contributed by atoms with van der Waals surface area (Å²) in [5.74, 6) is -0.965. The van der Waals surface area contributed by atoms with Gasteiger partial charge in [0.2, 0.25) is 0 Å². The third-order valence-corrected chi connectivity index (χ3v) is 3.31. The molecule has 2 rings (SSSR count). The third kappa shape index (κ3) is 2.11. The normalized spacial score (nSPS) is 12.9. The molecule has 2 aromatic rings. The summed E-state index contributed by atoms with van der Waals surface area (Å²) in [4.78, 5) is 14.2. The number of rotatable bonds is 3. The number of hydrogen-bond acceptors (Lipinski definition) is 2. The van der Waals surface area contributed by atoms with Crippen LogP contribution in [0.3, 0.4) is 0 Å². The van der Waals surface area contributed by atoms with Crippen LogP contribution in [0.5, 0.6) is 0 Å². The molecule has 0 aliphatic rings. The second-order valence-electron chi connectivity index (χ2n) is 4.88. The lowest BCUT2D eigenvalue weighted by molar-refractivity contribution is -0.138. The maximum atomic E-state index is 10.9. The molecule has 0 amide bonds. The molecule has 96 valence electrons. The first-order valence-electron chi connectivity index (χ1n) is 5.97. The smallest absolute Gasteiger partial charge is 0.320 e. The summed E-state index contributed by atoms with van der Waals surface area (Å²) in [6.07, 6.45) is 0.351. The SMILES string of the molecule is Cc1cc(C)c2[nH]c(C)c(CC(N)C(=O)O)c2c1. The zero-order valence-electron chi connectivity index (χ0n) is 10.9. The van der Waals surface area contributed by atoms with Crippen LogP contribution in [0, 0.1) is 20.8 Å². The van der Waals surface area contributed by atoms with Crippen molar-refractivity contribution in [1.82, 2.24) is 4.98 Å². The lowest BCUT2D eigenvalue weighted by Crippen LogP contribution is -2.32. The van der Waals surface area contributed by atoms with E-state index in [1.54, 1.807) is 0 Å². The number of H-pyrrole nitrogens is 1. The van der Waals surface area contributed by atoms with Crippen LogP contribution in [-0.4, -0.2) is 22.1 Å². The Morgan fingerprint density at radius 3 is 2.67 bits per heavy atom. The number of hydrogen-bond donors (Lipinski definition) is 3. The molecule has 0 bridgehead atoms. The maximum absolute atomic E-state index is 10.9. The topological polar surface area (TPSA) is 79.1 Å². The van der Waals surface area contributed by atoms with Crippen LogP contribution < -0.4 is 5.73 Å². The van der Waals surface area contributed by atoms with Crippen molar-refractivity contribution in [2.45, 2.75) is 33.2 Å². The Morgan fingerprint density at radius 2 is 2.06 bits per heavy atom. The van der Waals surface area contributed by atoms with Gasteiger partial charge in [0, 0.05) is 23.0 Å². The van der Waals surface area contributed by atoms with E-state index in [-0.39, 0.29) is 0 Å². The van der Waals surface area contributed by atoms with Gasteiger partial charge in [0.1, 0.15) is 6.04 Å². The van der Waals surface area contributed by atoms with E-state index in [2.05, 4.69) is 17.1 Å². The number of aryl methyl sites for hydroxylation is 3. The molecule has 0 saturated heterocycles. The molecule has 1 unspecified atom stereocenters. The van der Waals surface area contributed by atoms with Crippen LogP contribution in [0.4, 0.5) is 0 Å². The lowest BCUT2D eigenvalue weighted by atomic mass is 10.0. The van der Waals surface area contributed by atoms with Crippen molar-refractivity contribution in [1.29, 1.82) is 0 Å². The Hall–Kier alpha value is -1.81. The first-order chi connectivity index (χ1) is 8.40. The van der Waals surface area contributed by atoms with E-state index in [1.807, 2.05) is 20.8 Å². The highest BCUT2D eigenvalue weighted by Crippen LogP contribution is 2.27. The van der Waals surface area contributed by atoms with E-state index in [0.717, 1.165) is 22.2 Å². The molecule has 1 aromatic carbocycles. The molecule has 0 saturated carbocycles. The summed E-state index contributed by atoms with van der Waals surface area (Å²) in [6.45, 7) is 6.04. The Kier molecular flexibility index (Phi) is 3.13. The summed E-state index contributed by atoms with van der Waals surface area (Å²) in [5.41, 5.74) is 11.0. The van der Waals surface area contributed by atoms with Crippen molar-refractivity contribution in [2.24, 2.45) is 5.73 Å². The number of benzene rings is 1. The molecular weight excluding hydrogens is 228 g/mol. The number of aromatic amines is 1. The van der Waals surface area contributed by atoms with Gasteiger partial charge in [-0.25, -0.2) is 0 Å². The van der Waals surface area contributed by atoms with Crippen LogP contribution in [0.2, 0.25) is 0 Å². The standard InChI is InChI=1S/C14H18N2O2/c1-7-4-8(2)13-11(5-7)10(9(3)16-13)6-12(15)14(17)18/h4-5,12,16H,6,15H2,1-3H3,(H,17,18). The molecule has 0 fully saturated rings. The van der Waals surface area contributed by atoms with Gasteiger partial charge >= 0.3 is 5.97 Å². The van der Waals surface area contributed by atoms with Crippen LogP contribution >= 0.6 is 0 Å². The van der Waals surface area contributed by atoms with Gasteiger partial charge < -0.3 is 15.8 Å². The predicted octanol–water partition coefficient (Wildman–Crippen LogP) is 2.05. The average Bonchev–Trinajstić information content (AvgIpc) is 2.57. The van der Waals surface area contributed by atoms with Gasteiger partial charge in [-0.1, -0.05) is 11.6 Å². The zero-order valence-corrected chi connectivity index (χ0v) is 10.9. The number of fused-ring (bicyclic) bond motifs is 1. The van der Waals surface area contributed by atoms with Crippen molar-refractivity contribution in [2.75, 3.05) is 0 Å². The zero-order chi connectivity index (χ0) is 13.4. The molecule has 4 nitrogen and oxygen atoms in total. The Bertz CT molecular complexity index is 614. The lowest BCUT2D eigenvalue weighted by Gasteiger charge is -2.07. The highest BCUT2D eigenvalue weighted by molar-refractivity contribution is 5.88. The van der Waals surface area contributed by atoms with Gasteiger partial charge in [-0.15, -0.1) is 0 Å². The third-order valence-electron chi connectivity index (χ3n) is 3.31. The van der Waals surface area contributed by atoms with E-state index in [0.29, 0.717) is 6.42 Å². The fourth-order valence-corrected chi connectivity index (χ4v) is 2.41. The summed E-state index contributed by atoms with van der Waals surface area (Å²) < 4.78 is 0. The Labute approximate surface area is 106 Å². The largest absolute Gasteiger partial charge is 0.480 e. The minimum atomic E-state index is -0.965. The minimum Gasteiger partial charge on any atom is -0.480 e. The molecule has 1 atom stereocenters. The average molecular weight is 246 g/mol. The van der Waals surface area contributed by atoms with Gasteiger partial charge in [-0.3, -0.25) is 4.79 Å². The second-order valence-corrected chi connectivity index (χ2v) is 4.88. The summed E-state index contributed by atoms with van der Waals surface area (Å²) >= 11 is 0. The van der Waals surface area contributed by atoms with Crippen molar-refractivity contribution in [3.63, 3.8) is 0 Å². The molecular formula is C14H18N2O2. The van der Waals surface area contributed by atoms with Gasteiger partial charge in [-0.2, -0.15) is 0 Å². The van der Waals surface area contributed by atoms with Crippen LogP contribution in [0.15, 0.2) is 12.1 Å². The Balaban J connectivity index is 2.56. The fraction of sp³-hybridized carbons (Fsp3) is 0.357. The number of carboxylic acids is 1. The molecule has 4 heteroatoms. The first kappa shape index (κ1) is 12.6. The van der Waals surface area contributed by atoms with Crippen molar-refractivity contribution in [3.05, 3.63) is 34.5 Å². The molecule has 0 spiro atoms. The number of aromatic nitrogens is 1. The van der Waals surface area contributed by atoms with Crippen LogP contribution in [0.1, 0.15) is 22.4 Å². The second kappa shape index (κ2) is 4.46. The minimum absolute atomic E-state index is 0.351.